The number of furan rings is 1. The lowest BCUT2D eigenvalue weighted by Crippen LogP contribution is -2.34. The first kappa shape index (κ1) is 17.8. The van der Waals surface area contributed by atoms with E-state index in [1.165, 1.54) is 29.2 Å². The third-order valence-corrected chi connectivity index (χ3v) is 6.56. The van der Waals surface area contributed by atoms with Crippen LogP contribution < -0.4 is 0 Å². The van der Waals surface area contributed by atoms with E-state index < -0.39 is 21.7 Å². The fraction of sp³-hybridized carbons (Fsp3) is 0.167. The summed E-state index contributed by atoms with van der Waals surface area (Å²) < 4.78 is 45.0. The van der Waals surface area contributed by atoms with E-state index in [4.69, 9.17) is 16.0 Å². The molecule has 0 saturated heterocycles. The standard InChI is InChI=1S/C18H13ClFNO5S/c19-15-8-12(27(24,25)11-3-1-2-10(20)6-11)7-13-14-9-21(18(22)23)5-4-16(14)26-17(13)15/h1-3,6-8H,4-5,9H2,(H,22,23). The lowest BCUT2D eigenvalue weighted by atomic mass is 10.1. The molecule has 0 bridgehead atoms. The van der Waals surface area contributed by atoms with Crippen LogP contribution in [0.1, 0.15) is 11.3 Å². The fourth-order valence-corrected chi connectivity index (χ4v) is 4.87. The minimum Gasteiger partial charge on any atom is -0.465 e. The lowest BCUT2D eigenvalue weighted by molar-refractivity contribution is 0.138. The van der Waals surface area contributed by atoms with Gasteiger partial charge in [0.2, 0.25) is 9.84 Å². The second-order valence-electron chi connectivity index (χ2n) is 6.20. The quantitative estimate of drug-likeness (QED) is 0.688. The van der Waals surface area contributed by atoms with Crippen molar-refractivity contribution < 1.29 is 27.1 Å². The molecule has 0 saturated carbocycles. The van der Waals surface area contributed by atoms with Gasteiger partial charge in [-0.25, -0.2) is 17.6 Å². The van der Waals surface area contributed by atoms with E-state index in [1.54, 1.807) is 0 Å². The van der Waals surface area contributed by atoms with Gasteiger partial charge in [0, 0.05) is 23.9 Å². The van der Waals surface area contributed by atoms with Gasteiger partial charge in [0.1, 0.15) is 11.6 Å². The van der Waals surface area contributed by atoms with Crippen LogP contribution in [-0.4, -0.2) is 31.1 Å². The first-order chi connectivity index (χ1) is 12.8. The van der Waals surface area contributed by atoms with Crippen molar-refractivity contribution in [2.24, 2.45) is 0 Å². The predicted octanol–water partition coefficient (Wildman–Crippen LogP) is 4.09. The van der Waals surface area contributed by atoms with E-state index in [0.29, 0.717) is 28.7 Å². The molecule has 1 N–H and O–H groups in total. The van der Waals surface area contributed by atoms with E-state index >= 15 is 0 Å². The summed E-state index contributed by atoms with van der Waals surface area (Å²) >= 11 is 6.24. The van der Waals surface area contributed by atoms with Crippen LogP contribution in [0, 0.1) is 5.82 Å². The normalized spacial score (nSPS) is 14.4. The Morgan fingerprint density at radius 3 is 2.70 bits per heavy atom. The van der Waals surface area contributed by atoms with Gasteiger partial charge < -0.3 is 14.4 Å². The number of benzene rings is 2. The number of hydrogen-bond donors (Lipinski definition) is 1. The molecule has 4 rings (SSSR count). The zero-order valence-electron chi connectivity index (χ0n) is 13.8. The van der Waals surface area contributed by atoms with Crippen LogP contribution in [0.2, 0.25) is 5.02 Å². The molecule has 0 radical (unpaired) electrons. The third kappa shape index (κ3) is 2.94. The van der Waals surface area contributed by atoms with Crippen molar-refractivity contribution in [2.75, 3.05) is 6.54 Å². The number of rotatable bonds is 2. The molecule has 0 atom stereocenters. The van der Waals surface area contributed by atoms with E-state index in [2.05, 4.69) is 0 Å². The van der Waals surface area contributed by atoms with E-state index in [-0.39, 0.29) is 27.9 Å². The van der Waals surface area contributed by atoms with Gasteiger partial charge in [-0.15, -0.1) is 0 Å². The molecule has 0 spiro atoms. The Labute approximate surface area is 158 Å². The molecule has 9 heteroatoms. The van der Waals surface area contributed by atoms with E-state index in [0.717, 1.165) is 12.1 Å². The van der Waals surface area contributed by atoms with Crippen LogP contribution in [0.5, 0.6) is 0 Å². The van der Waals surface area contributed by atoms with Gasteiger partial charge in [0.05, 0.1) is 21.4 Å². The molecule has 140 valence electrons. The number of halogens is 2. The molecule has 6 nitrogen and oxygen atoms in total. The molecule has 0 fully saturated rings. The van der Waals surface area contributed by atoms with Crippen molar-refractivity contribution in [3.63, 3.8) is 0 Å². The fourth-order valence-electron chi connectivity index (χ4n) is 3.20. The van der Waals surface area contributed by atoms with Crippen LogP contribution in [-0.2, 0) is 22.8 Å². The molecule has 0 unspecified atom stereocenters. The Hall–Kier alpha value is -2.58. The van der Waals surface area contributed by atoms with Crippen LogP contribution in [0.3, 0.4) is 0 Å². The summed E-state index contributed by atoms with van der Waals surface area (Å²) in [5.41, 5.74) is 0.906. The largest absolute Gasteiger partial charge is 0.465 e. The van der Waals surface area contributed by atoms with Gasteiger partial charge in [0.15, 0.2) is 5.58 Å². The summed E-state index contributed by atoms with van der Waals surface area (Å²) in [5, 5.41) is 9.76. The van der Waals surface area contributed by atoms with Crippen molar-refractivity contribution in [3.05, 3.63) is 58.6 Å². The van der Waals surface area contributed by atoms with E-state index in [1.807, 2.05) is 0 Å². The third-order valence-electron chi connectivity index (χ3n) is 4.55. The maximum atomic E-state index is 13.5. The molecule has 0 aliphatic carbocycles. The lowest BCUT2D eigenvalue weighted by Gasteiger charge is -2.23. The molecule has 3 aromatic rings. The van der Waals surface area contributed by atoms with Crippen LogP contribution in [0.15, 0.2) is 50.6 Å². The summed E-state index contributed by atoms with van der Waals surface area (Å²) in [6.07, 6.45) is -0.692. The smallest absolute Gasteiger partial charge is 0.407 e. The highest BCUT2D eigenvalue weighted by Crippen LogP contribution is 2.37. The molecule has 27 heavy (non-hydrogen) atoms. The Kier molecular flexibility index (Phi) is 4.12. The molecule has 1 aromatic heterocycles. The topological polar surface area (TPSA) is 87.8 Å². The Morgan fingerprint density at radius 2 is 2.00 bits per heavy atom. The highest BCUT2D eigenvalue weighted by molar-refractivity contribution is 7.91. The van der Waals surface area contributed by atoms with Crippen molar-refractivity contribution in [2.45, 2.75) is 22.8 Å². The first-order valence-electron chi connectivity index (χ1n) is 7.99. The van der Waals surface area contributed by atoms with Gasteiger partial charge in [-0.1, -0.05) is 17.7 Å². The van der Waals surface area contributed by atoms with Gasteiger partial charge in [0.25, 0.3) is 0 Å². The zero-order chi connectivity index (χ0) is 19.3. The Morgan fingerprint density at radius 1 is 1.22 bits per heavy atom. The second-order valence-corrected chi connectivity index (χ2v) is 8.56. The van der Waals surface area contributed by atoms with Crippen molar-refractivity contribution in [1.82, 2.24) is 4.90 Å². The van der Waals surface area contributed by atoms with Gasteiger partial charge in [-0.3, -0.25) is 0 Å². The highest BCUT2D eigenvalue weighted by Gasteiger charge is 2.28. The average Bonchev–Trinajstić information content (AvgIpc) is 3.00. The number of carbonyl (C=O) groups is 1. The van der Waals surface area contributed by atoms with Gasteiger partial charge >= 0.3 is 6.09 Å². The van der Waals surface area contributed by atoms with Crippen molar-refractivity contribution in [1.29, 1.82) is 0 Å². The summed E-state index contributed by atoms with van der Waals surface area (Å²) in [6.45, 7) is 0.367. The first-order valence-corrected chi connectivity index (χ1v) is 9.86. The van der Waals surface area contributed by atoms with Crippen LogP contribution >= 0.6 is 11.6 Å². The second kappa shape index (κ2) is 6.24. The maximum Gasteiger partial charge on any atom is 0.407 e. The minimum atomic E-state index is -4.01. The monoisotopic (exact) mass is 409 g/mol. The number of sulfone groups is 1. The molecule has 2 heterocycles. The van der Waals surface area contributed by atoms with Crippen molar-refractivity contribution in [3.8, 4) is 0 Å². The molecular weight excluding hydrogens is 397 g/mol. The van der Waals surface area contributed by atoms with Crippen LogP contribution in [0.25, 0.3) is 11.0 Å². The highest BCUT2D eigenvalue weighted by atomic mass is 35.5. The predicted molar refractivity (Wildman–Crippen MR) is 95.2 cm³/mol. The Balaban J connectivity index is 1.89. The Bertz CT molecular complexity index is 1190. The molecule has 1 aliphatic rings. The summed E-state index contributed by atoms with van der Waals surface area (Å²) in [4.78, 5) is 12.2. The van der Waals surface area contributed by atoms with Gasteiger partial charge in [-0.2, -0.15) is 0 Å². The zero-order valence-corrected chi connectivity index (χ0v) is 15.3. The average molecular weight is 410 g/mol. The molecule has 1 amide bonds. The van der Waals surface area contributed by atoms with Crippen LogP contribution in [0.4, 0.5) is 9.18 Å². The number of hydrogen-bond acceptors (Lipinski definition) is 4. The number of amides is 1. The summed E-state index contributed by atoms with van der Waals surface area (Å²) in [5.74, 6) is -0.0780. The van der Waals surface area contributed by atoms with E-state index in [9.17, 15) is 22.7 Å². The minimum absolute atomic E-state index is 0.0808. The maximum absolute atomic E-state index is 13.5. The van der Waals surface area contributed by atoms with Gasteiger partial charge in [-0.05, 0) is 30.3 Å². The SMILES string of the molecule is O=C(O)N1CCc2oc3c(Cl)cc(S(=O)(=O)c4cccc(F)c4)cc3c2C1. The molecule has 1 aliphatic heterocycles. The number of nitrogens with zero attached hydrogens (tertiary/aromatic N) is 1. The summed E-state index contributed by atoms with van der Waals surface area (Å²) in [7, 11) is -4.01. The van der Waals surface area contributed by atoms with Crippen molar-refractivity contribution >= 4 is 38.5 Å². The molecular formula is C18H13ClFNO5S. The summed E-state index contributed by atoms with van der Waals surface area (Å²) in [6, 6.07) is 7.36. The molecule has 2 aromatic carbocycles. The number of fused-ring (bicyclic) bond motifs is 3. The number of carboxylic acid groups (broad SMARTS) is 1.